The van der Waals surface area contributed by atoms with E-state index in [1.807, 2.05) is 0 Å². The molecule has 0 saturated carbocycles. The van der Waals surface area contributed by atoms with E-state index in [4.69, 9.17) is 10.6 Å². The molecule has 0 radical (unpaired) electrons. The average Bonchev–Trinajstić information content (AvgIpc) is 2.76. The van der Waals surface area contributed by atoms with Gasteiger partial charge < -0.3 is 9.64 Å². The van der Waals surface area contributed by atoms with E-state index in [2.05, 4.69) is 27.3 Å². The molecular formula is C11H19N5O. The summed E-state index contributed by atoms with van der Waals surface area (Å²) in [5, 5.41) is 0. The molecule has 1 aliphatic rings. The normalized spacial score (nSPS) is 20.5. The summed E-state index contributed by atoms with van der Waals surface area (Å²) in [6, 6.07) is 2.38. The van der Waals surface area contributed by atoms with Crippen LogP contribution in [0, 0.1) is 0 Å². The number of likely N-dealkylation sites (tertiary alicyclic amines) is 1. The molecule has 0 spiro atoms. The van der Waals surface area contributed by atoms with Gasteiger partial charge in [-0.05, 0) is 32.9 Å². The van der Waals surface area contributed by atoms with Gasteiger partial charge in [0.2, 0.25) is 11.8 Å². The van der Waals surface area contributed by atoms with E-state index in [1.54, 1.807) is 12.3 Å². The molecule has 3 N–H and O–H groups in total. The molecular weight excluding hydrogens is 218 g/mol. The van der Waals surface area contributed by atoms with Crippen molar-refractivity contribution in [3.05, 3.63) is 12.3 Å². The second-order valence-electron chi connectivity index (χ2n) is 4.28. The van der Waals surface area contributed by atoms with E-state index < -0.39 is 0 Å². The number of hydrogen-bond acceptors (Lipinski definition) is 6. The number of nitrogens with zero attached hydrogens (tertiary/aromatic N) is 3. The average molecular weight is 237 g/mol. The zero-order valence-electron chi connectivity index (χ0n) is 10.1. The van der Waals surface area contributed by atoms with Crippen LogP contribution in [0.5, 0.6) is 5.88 Å². The SMILES string of the molecule is CN1CCCC1CCOc1ccnc(NN)n1. The van der Waals surface area contributed by atoms with Crippen LogP contribution in [0.3, 0.4) is 0 Å². The Hall–Kier alpha value is -1.40. The Morgan fingerprint density at radius 3 is 3.24 bits per heavy atom. The summed E-state index contributed by atoms with van der Waals surface area (Å²) in [6.45, 7) is 1.87. The number of hydrogen-bond donors (Lipinski definition) is 2. The molecule has 1 unspecified atom stereocenters. The van der Waals surface area contributed by atoms with E-state index in [1.165, 1.54) is 19.4 Å². The van der Waals surface area contributed by atoms with Gasteiger partial charge in [-0.15, -0.1) is 0 Å². The monoisotopic (exact) mass is 237 g/mol. The number of anilines is 1. The molecule has 1 aromatic heterocycles. The van der Waals surface area contributed by atoms with Crippen LogP contribution in [-0.4, -0.2) is 41.1 Å². The molecule has 0 aromatic carbocycles. The van der Waals surface area contributed by atoms with Crippen LogP contribution in [0.1, 0.15) is 19.3 Å². The molecule has 0 amide bonds. The Balaban J connectivity index is 1.77. The van der Waals surface area contributed by atoms with Crippen molar-refractivity contribution in [1.29, 1.82) is 0 Å². The number of nitrogens with one attached hydrogen (secondary N) is 1. The van der Waals surface area contributed by atoms with Crippen LogP contribution in [0.2, 0.25) is 0 Å². The van der Waals surface area contributed by atoms with Gasteiger partial charge in [-0.1, -0.05) is 0 Å². The standard InChI is InChI=1S/C11H19N5O/c1-16-7-2-3-9(16)5-8-17-10-4-6-13-11(14-10)15-12/h4,6,9H,2-3,5,7-8,12H2,1H3,(H,13,14,15). The van der Waals surface area contributed by atoms with Gasteiger partial charge in [0.05, 0.1) is 6.61 Å². The summed E-state index contributed by atoms with van der Waals surface area (Å²) < 4.78 is 5.59. The Kier molecular flexibility index (Phi) is 4.11. The zero-order chi connectivity index (χ0) is 12.1. The van der Waals surface area contributed by atoms with Crippen LogP contribution in [-0.2, 0) is 0 Å². The molecule has 1 aliphatic heterocycles. The molecule has 6 nitrogen and oxygen atoms in total. The number of aromatic nitrogens is 2. The third kappa shape index (κ3) is 3.28. The Morgan fingerprint density at radius 1 is 1.65 bits per heavy atom. The van der Waals surface area contributed by atoms with Gasteiger partial charge >= 0.3 is 0 Å². The van der Waals surface area contributed by atoms with Crippen molar-refractivity contribution >= 4 is 5.95 Å². The Morgan fingerprint density at radius 2 is 2.53 bits per heavy atom. The first kappa shape index (κ1) is 12.1. The molecule has 1 atom stereocenters. The first-order valence-electron chi connectivity index (χ1n) is 5.92. The molecule has 0 bridgehead atoms. The molecule has 1 aromatic rings. The summed E-state index contributed by atoms with van der Waals surface area (Å²) >= 11 is 0. The maximum atomic E-state index is 5.59. The lowest BCUT2D eigenvalue weighted by Gasteiger charge is -2.19. The highest BCUT2D eigenvalue weighted by atomic mass is 16.5. The second-order valence-corrected chi connectivity index (χ2v) is 4.28. The van der Waals surface area contributed by atoms with Crippen LogP contribution in [0.15, 0.2) is 12.3 Å². The number of nitrogens with two attached hydrogens (primary N) is 1. The minimum atomic E-state index is 0.375. The van der Waals surface area contributed by atoms with Gasteiger partial charge in [0.15, 0.2) is 0 Å². The maximum absolute atomic E-state index is 5.59. The fourth-order valence-electron chi connectivity index (χ4n) is 2.14. The molecule has 2 heterocycles. The summed E-state index contributed by atoms with van der Waals surface area (Å²) in [7, 11) is 2.17. The van der Waals surface area contributed by atoms with Crippen LogP contribution in [0.4, 0.5) is 5.95 Å². The summed E-state index contributed by atoms with van der Waals surface area (Å²) in [5.74, 6) is 6.17. The van der Waals surface area contributed by atoms with E-state index >= 15 is 0 Å². The van der Waals surface area contributed by atoms with Crippen LogP contribution < -0.4 is 16.0 Å². The largest absolute Gasteiger partial charge is 0.477 e. The minimum Gasteiger partial charge on any atom is -0.477 e. The van der Waals surface area contributed by atoms with Crippen molar-refractivity contribution in [2.45, 2.75) is 25.3 Å². The third-order valence-corrected chi connectivity index (χ3v) is 3.13. The van der Waals surface area contributed by atoms with Crippen molar-refractivity contribution in [1.82, 2.24) is 14.9 Å². The van der Waals surface area contributed by atoms with Crippen molar-refractivity contribution < 1.29 is 4.74 Å². The highest BCUT2D eigenvalue weighted by Gasteiger charge is 2.20. The fraction of sp³-hybridized carbons (Fsp3) is 0.636. The minimum absolute atomic E-state index is 0.375. The first-order valence-corrected chi connectivity index (χ1v) is 5.92. The van der Waals surface area contributed by atoms with E-state index in [0.717, 1.165) is 6.42 Å². The summed E-state index contributed by atoms with van der Waals surface area (Å²) in [5.41, 5.74) is 2.40. The quantitative estimate of drug-likeness (QED) is 0.577. The first-order chi connectivity index (χ1) is 8.29. The van der Waals surface area contributed by atoms with E-state index in [0.29, 0.717) is 24.5 Å². The summed E-state index contributed by atoms with van der Waals surface area (Å²) in [6.07, 6.45) is 5.21. The second kappa shape index (κ2) is 5.79. The molecule has 1 fully saturated rings. The number of ether oxygens (including phenoxy) is 1. The smallest absolute Gasteiger partial charge is 0.240 e. The molecule has 94 valence electrons. The van der Waals surface area contributed by atoms with Gasteiger partial charge in [0.1, 0.15) is 0 Å². The fourth-order valence-corrected chi connectivity index (χ4v) is 2.14. The molecule has 1 saturated heterocycles. The highest BCUT2D eigenvalue weighted by Crippen LogP contribution is 2.18. The molecule has 0 aliphatic carbocycles. The molecule has 6 heteroatoms. The lowest BCUT2D eigenvalue weighted by atomic mass is 10.1. The third-order valence-electron chi connectivity index (χ3n) is 3.13. The highest BCUT2D eigenvalue weighted by molar-refractivity contribution is 5.25. The van der Waals surface area contributed by atoms with Crippen molar-refractivity contribution in [2.75, 3.05) is 25.6 Å². The zero-order valence-corrected chi connectivity index (χ0v) is 10.1. The van der Waals surface area contributed by atoms with E-state index in [-0.39, 0.29) is 0 Å². The summed E-state index contributed by atoms with van der Waals surface area (Å²) in [4.78, 5) is 10.4. The van der Waals surface area contributed by atoms with E-state index in [9.17, 15) is 0 Å². The van der Waals surface area contributed by atoms with Gasteiger partial charge in [0, 0.05) is 18.3 Å². The predicted molar refractivity (Wildman–Crippen MR) is 65.6 cm³/mol. The molecule has 17 heavy (non-hydrogen) atoms. The Labute approximate surface area is 101 Å². The van der Waals surface area contributed by atoms with Gasteiger partial charge in [-0.3, -0.25) is 5.43 Å². The van der Waals surface area contributed by atoms with Gasteiger partial charge in [-0.25, -0.2) is 10.8 Å². The molecule has 2 rings (SSSR count). The lowest BCUT2D eigenvalue weighted by molar-refractivity contribution is 0.228. The van der Waals surface area contributed by atoms with Crippen molar-refractivity contribution in [3.8, 4) is 5.88 Å². The van der Waals surface area contributed by atoms with Crippen LogP contribution in [0.25, 0.3) is 0 Å². The predicted octanol–water partition coefficient (Wildman–Crippen LogP) is 0.625. The maximum Gasteiger partial charge on any atom is 0.240 e. The van der Waals surface area contributed by atoms with Crippen molar-refractivity contribution in [2.24, 2.45) is 5.84 Å². The number of nitrogen functional groups attached to an aromatic ring is 1. The van der Waals surface area contributed by atoms with Gasteiger partial charge in [0.25, 0.3) is 0 Å². The number of rotatable bonds is 5. The van der Waals surface area contributed by atoms with Crippen LogP contribution >= 0.6 is 0 Å². The van der Waals surface area contributed by atoms with Gasteiger partial charge in [-0.2, -0.15) is 4.98 Å². The Bertz CT molecular complexity index is 359. The number of hydrazine groups is 1. The topological polar surface area (TPSA) is 76.3 Å². The van der Waals surface area contributed by atoms with Crippen molar-refractivity contribution in [3.63, 3.8) is 0 Å². The lowest BCUT2D eigenvalue weighted by Crippen LogP contribution is -2.26.